The van der Waals surface area contributed by atoms with Crippen molar-refractivity contribution in [1.82, 2.24) is 9.80 Å². The van der Waals surface area contributed by atoms with Gasteiger partial charge in [-0.05, 0) is 31.7 Å². The fourth-order valence-corrected chi connectivity index (χ4v) is 2.66. The molecule has 23 heavy (non-hydrogen) atoms. The summed E-state index contributed by atoms with van der Waals surface area (Å²) in [6, 6.07) is 5.05. The van der Waals surface area contributed by atoms with Crippen LogP contribution < -0.4 is 5.32 Å². The molecule has 0 bridgehead atoms. The fraction of sp³-hybridized carbons (Fsp3) is 0.529. The molecule has 0 aromatic heterocycles. The standard InChI is InChI=1S/C17H24ClN3O2/c1-3-4-5-16(22)19-15-12-13(6-7-14(15)18)17(23)21-10-8-20(2)9-11-21/h6-7,12H,3-5,8-11H2,1-2H3,(H,19,22). The number of carbonyl (C=O) groups excluding carboxylic acids is 2. The van der Waals surface area contributed by atoms with Gasteiger partial charge in [-0.2, -0.15) is 0 Å². The first-order chi connectivity index (χ1) is 11.0. The summed E-state index contributed by atoms with van der Waals surface area (Å²) >= 11 is 6.14. The summed E-state index contributed by atoms with van der Waals surface area (Å²) in [5.41, 5.74) is 1.07. The van der Waals surface area contributed by atoms with Gasteiger partial charge in [-0.3, -0.25) is 9.59 Å². The molecule has 126 valence electrons. The largest absolute Gasteiger partial charge is 0.336 e. The second-order valence-electron chi connectivity index (χ2n) is 5.94. The van der Waals surface area contributed by atoms with Gasteiger partial charge in [0.05, 0.1) is 10.7 Å². The normalized spacial score (nSPS) is 15.5. The fourth-order valence-electron chi connectivity index (χ4n) is 2.50. The third kappa shape index (κ3) is 4.94. The number of unbranched alkanes of at least 4 members (excludes halogenated alkanes) is 1. The molecule has 1 fully saturated rings. The van der Waals surface area contributed by atoms with Gasteiger partial charge in [0.1, 0.15) is 0 Å². The number of piperazine rings is 1. The van der Waals surface area contributed by atoms with Crippen LogP contribution in [-0.2, 0) is 4.79 Å². The Morgan fingerprint density at radius 1 is 1.22 bits per heavy atom. The third-order valence-electron chi connectivity index (χ3n) is 4.04. The van der Waals surface area contributed by atoms with Crippen LogP contribution in [0, 0.1) is 0 Å². The topological polar surface area (TPSA) is 52.7 Å². The van der Waals surface area contributed by atoms with Gasteiger partial charge in [-0.15, -0.1) is 0 Å². The number of nitrogens with zero attached hydrogens (tertiary/aromatic N) is 2. The van der Waals surface area contributed by atoms with E-state index in [-0.39, 0.29) is 11.8 Å². The molecule has 5 nitrogen and oxygen atoms in total. The van der Waals surface area contributed by atoms with Crippen molar-refractivity contribution in [2.45, 2.75) is 26.2 Å². The number of nitrogens with one attached hydrogen (secondary N) is 1. The van der Waals surface area contributed by atoms with Crippen LogP contribution in [-0.4, -0.2) is 54.8 Å². The Labute approximate surface area is 142 Å². The molecular formula is C17H24ClN3O2. The monoisotopic (exact) mass is 337 g/mol. The highest BCUT2D eigenvalue weighted by Gasteiger charge is 2.21. The number of amides is 2. The number of halogens is 1. The van der Waals surface area contributed by atoms with Gasteiger partial charge in [-0.1, -0.05) is 24.9 Å². The average molecular weight is 338 g/mol. The zero-order valence-corrected chi connectivity index (χ0v) is 14.5. The van der Waals surface area contributed by atoms with E-state index < -0.39 is 0 Å². The zero-order valence-electron chi connectivity index (χ0n) is 13.8. The average Bonchev–Trinajstić information content (AvgIpc) is 2.55. The lowest BCUT2D eigenvalue weighted by Crippen LogP contribution is -2.47. The number of benzene rings is 1. The van der Waals surface area contributed by atoms with E-state index >= 15 is 0 Å². The Bertz CT molecular complexity index is 569. The SMILES string of the molecule is CCCCC(=O)Nc1cc(C(=O)N2CCN(C)CC2)ccc1Cl. The van der Waals surface area contributed by atoms with Gasteiger partial charge in [0.2, 0.25) is 5.91 Å². The van der Waals surface area contributed by atoms with Gasteiger partial charge < -0.3 is 15.1 Å². The molecule has 0 atom stereocenters. The van der Waals surface area contributed by atoms with E-state index in [2.05, 4.69) is 10.2 Å². The molecule has 1 heterocycles. The van der Waals surface area contributed by atoms with Crippen molar-refractivity contribution in [3.8, 4) is 0 Å². The first-order valence-corrected chi connectivity index (χ1v) is 8.46. The molecule has 1 N–H and O–H groups in total. The summed E-state index contributed by atoms with van der Waals surface area (Å²) in [6.07, 6.45) is 2.26. The molecule has 2 amide bonds. The van der Waals surface area contributed by atoms with Crippen LogP contribution in [0.4, 0.5) is 5.69 Å². The van der Waals surface area contributed by atoms with Crippen LogP contribution in [0.1, 0.15) is 36.5 Å². The van der Waals surface area contributed by atoms with Crippen molar-refractivity contribution in [3.05, 3.63) is 28.8 Å². The molecule has 0 radical (unpaired) electrons. The lowest BCUT2D eigenvalue weighted by atomic mass is 10.1. The Hall–Kier alpha value is -1.59. The van der Waals surface area contributed by atoms with E-state index in [1.54, 1.807) is 18.2 Å². The summed E-state index contributed by atoms with van der Waals surface area (Å²) in [6.45, 7) is 5.22. The summed E-state index contributed by atoms with van der Waals surface area (Å²) < 4.78 is 0. The van der Waals surface area contributed by atoms with Crippen LogP contribution in [0.15, 0.2) is 18.2 Å². The third-order valence-corrected chi connectivity index (χ3v) is 4.36. The van der Waals surface area contributed by atoms with Crippen molar-refractivity contribution in [2.75, 3.05) is 38.5 Å². The molecule has 1 saturated heterocycles. The predicted octanol–water partition coefficient (Wildman–Crippen LogP) is 2.86. The lowest BCUT2D eigenvalue weighted by molar-refractivity contribution is -0.116. The summed E-state index contributed by atoms with van der Waals surface area (Å²) in [5, 5.41) is 3.25. The van der Waals surface area contributed by atoms with E-state index in [9.17, 15) is 9.59 Å². The Morgan fingerprint density at radius 2 is 1.91 bits per heavy atom. The Balaban J connectivity index is 2.07. The summed E-state index contributed by atoms with van der Waals surface area (Å²) in [5.74, 6) is -0.0863. The lowest BCUT2D eigenvalue weighted by Gasteiger charge is -2.32. The quantitative estimate of drug-likeness (QED) is 0.898. The maximum Gasteiger partial charge on any atom is 0.254 e. The van der Waals surface area contributed by atoms with E-state index in [1.165, 1.54) is 0 Å². The molecule has 1 aromatic carbocycles. The number of likely N-dealkylation sites (N-methyl/N-ethyl adjacent to an activating group) is 1. The van der Waals surface area contributed by atoms with Crippen LogP contribution in [0.25, 0.3) is 0 Å². The van der Waals surface area contributed by atoms with E-state index in [0.29, 0.717) is 22.7 Å². The van der Waals surface area contributed by atoms with Gasteiger partial charge in [-0.25, -0.2) is 0 Å². The molecule has 1 aliphatic rings. The van der Waals surface area contributed by atoms with Crippen LogP contribution in [0.5, 0.6) is 0 Å². The highest BCUT2D eigenvalue weighted by Crippen LogP contribution is 2.24. The van der Waals surface area contributed by atoms with Gasteiger partial charge in [0.15, 0.2) is 0 Å². The number of carbonyl (C=O) groups is 2. The molecule has 0 unspecified atom stereocenters. The molecule has 6 heteroatoms. The molecule has 1 aliphatic heterocycles. The summed E-state index contributed by atoms with van der Waals surface area (Å²) in [7, 11) is 2.05. The molecular weight excluding hydrogens is 314 g/mol. The van der Waals surface area contributed by atoms with Gasteiger partial charge in [0, 0.05) is 38.2 Å². The minimum absolute atomic E-state index is 0.0150. The molecule has 0 aliphatic carbocycles. The minimum atomic E-state index is -0.0713. The molecule has 1 aromatic rings. The number of hydrogen-bond acceptors (Lipinski definition) is 3. The van der Waals surface area contributed by atoms with E-state index in [0.717, 1.165) is 39.0 Å². The molecule has 2 rings (SSSR count). The van der Waals surface area contributed by atoms with Gasteiger partial charge in [0.25, 0.3) is 5.91 Å². The molecule has 0 saturated carbocycles. The van der Waals surface area contributed by atoms with E-state index in [4.69, 9.17) is 11.6 Å². The zero-order chi connectivity index (χ0) is 16.8. The van der Waals surface area contributed by atoms with Crippen molar-refractivity contribution in [2.24, 2.45) is 0 Å². The Kier molecular flexibility index (Phi) is 6.42. The van der Waals surface area contributed by atoms with Crippen molar-refractivity contribution in [1.29, 1.82) is 0 Å². The van der Waals surface area contributed by atoms with Crippen LogP contribution in [0.2, 0.25) is 5.02 Å². The smallest absolute Gasteiger partial charge is 0.254 e. The van der Waals surface area contributed by atoms with Gasteiger partial charge >= 0.3 is 0 Å². The maximum atomic E-state index is 12.6. The molecule has 0 spiro atoms. The van der Waals surface area contributed by atoms with Crippen LogP contribution in [0.3, 0.4) is 0 Å². The second kappa shape index (κ2) is 8.31. The first kappa shape index (κ1) is 17.8. The van der Waals surface area contributed by atoms with E-state index in [1.807, 2.05) is 18.9 Å². The highest BCUT2D eigenvalue weighted by atomic mass is 35.5. The number of rotatable bonds is 5. The first-order valence-electron chi connectivity index (χ1n) is 8.08. The van der Waals surface area contributed by atoms with Crippen molar-refractivity contribution in [3.63, 3.8) is 0 Å². The Morgan fingerprint density at radius 3 is 2.57 bits per heavy atom. The highest BCUT2D eigenvalue weighted by molar-refractivity contribution is 6.33. The number of hydrogen-bond donors (Lipinski definition) is 1. The maximum absolute atomic E-state index is 12.6. The predicted molar refractivity (Wildman–Crippen MR) is 93.0 cm³/mol. The van der Waals surface area contributed by atoms with Crippen LogP contribution >= 0.6 is 11.6 Å². The van der Waals surface area contributed by atoms with Crippen molar-refractivity contribution >= 4 is 29.1 Å². The number of anilines is 1. The second-order valence-corrected chi connectivity index (χ2v) is 6.35. The minimum Gasteiger partial charge on any atom is -0.336 e. The summed E-state index contributed by atoms with van der Waals surface area (Å²) in [4.78, 5) is 28.5. The van der Waals surface area contributed by atoms with Crippen molar-refractivity contribution < 1.29 is 9.59 Å².